The molecule has 0 spiro atoms. The van der Waals surface area contributed by atoms with Gasteiger partial charge in [-0.05, 0) is 6.92 Å². The minimum absolute atomic E-state index is 0.149. The van der Waals surface area contributed by atoms with Crippen LogP contribution in [0.25, 0.3) is 0 Å². The van der Waals surface area contributed by atoms with E-state index in [1.165, 1.54) is 6.20 Å². The van der Waals surface area contributed by atoms with E-state index in [-0.39, 0.29) is 5.84 Å². The highest BCUT2D eigenvalue weighted by atomic mass is 32.2. The molecule has 1 saturated heterocycles. The molecule has 5 atom stereocenters. The largest absolute Gasteiger partial charge is 0.394 e. The molecule has 0 aromatic heterocycles. The number of hydrogen-bond donors (Lipinski definition) is 4. The maximum Gasteiger partial charge on any atom is 0.249 e. The van der Waals surface area contributed by atoms with Gasteiger partial charge in [-0.3, -0.25) is 0 Å². The smallest absolute Gasteiger partial charge is 0.249 e. The van der Waals surface area contributed by atoms with Crippen LogP contribution in [-0.4, -0.2) is 60.8 Å². The molecule has 0 aromatic rings. The standard InChI is InChI=1S/C9H15N3O5S/c1-4-2-12(18(16)11-8(4)10)9-7(15)6(14)5(3-13)17-9/h2,5-7,9,13-15H,3H2,1H3,(H2,10,11)/t5-,6-,7-,9-,18?/m1/s1. The van der Waals surface area contributed by atoms with E-state index in [2.05, 4.69) is 4.40 Å². The molecule has 18 heavy (non-hydrogen) atoms. The summed E-state index contributed by atoms with van der Waals surface area (Å²) >= 11 is -1.83. The third-order valence-corrected chi connectivity index (χ3v) is 3.88. The van der Waals surface area contributed by atoms with Gasteiger partial charge in [0.05, 0.1) is 6.61 Å². The first-order valence-electron chi connectivity index (χ1n) is 5.31. The van der Waals surface area contributed by atoms with E-state index in [0.717, 1.165) is 4.31 Å². The van der Waals surface area contributed by atoms with E-state index >= 15 is 0 Å². The normalized spacial score (nSPS) is 40.7. The van der Waals surface area contributed by atoms with E-state index in [9.17, 15) is 14.4 Å². The Morgan fingerprint density at radius 3 is 2.78 bits per heavy atom. The third-order valence-electron chi connectivity index (χ3n) is 2.85. The highest BCUT2D eigenvalue weighted by Gasteiger charge is 2.46. The summed E-state index contributed by atoms with van der Waals surface area (Å²) in [7, 11) is 0. The lowest BCUT2D eigenvalue weighted by atomic mass is 10.1. The highest BCUT2D eigenvalue weighted by molar-refractivity contribution is 7.81. The molecule has 2 rings (SSSR count). The Morgan fingerprint density at radius 2 is 2.22 bits per heavy atom. The summed E-state index contributed by atoms with van der Waals surface area (Å²) < 4.78 is 21.9. The molecular weight excluding hydrogens is 262 g/mol. The van der Waals surface area contributed by atoms with Gasteiger partial charge in [0.2, 0.25) is 11.2 Å². The lowest BCUT2D eigenvalue weighted by Gasteiger charge is -2.28. The van der Waals surface area contributed by atoms with Crippen LogP contribution in [0.2, 0.25) is 0 Å². The molecule has 0 bridgehead atoms. The SMILES string of the molecule is CC1=CN([C@@H]2O[C@H](CO)[C@@H](O)[C@H]2O)S(=O)N=C1N. The second-order valence-electron chi connectivity index (χ2n) is 4.11. The van der Waals surface area contributed by atoms with Crippen molar-refractivity contribution in [2.24, 2.45) is 10.1 Å². The molecule has 5 N–H and O–H groups in total. The van der Waals surface area contributed by atoms with E-state index in [4.69, 9.17) is 15.6 Å². The Balaban J connectivity index is 2.21. The zero-order valence-electron chi connectivity index (χ0n) is 9.63. The lowest BCUT2D eigenvalue weighted by molar-refractivity contribution is -0.0530. The fourth-order valence-corrected chi connectivity index (χ4v) is 2.76. The summed E-state index contributed by atoms with van der Waals surface area (Å²) in [5.41, 5.74) is 6.09. The Kier molecular flexibility index (Phi) is 3.69. The first-order valence-corrected chi connectivity index (χ1v) is 6.38. The van der Waals surface area contributed by atoms with Gasteiger partial charge in [0.1, 0.15) is 24.1 Å². The van der Waals surface area contributed by atoms with Crippen LogP contribution in [-0.2, 0) is 15.9 Å². The van der Waals surface area contributed by atoms with Crippen LogP contribution in [0.5, 0.6) is 0 Å². The molecule has 0 amide bonds. The Hall–Kier alpha value is -1.00. The third kappa shape index (κ3) is 2.15. The molecule has 8 nitrogen and oxygen atoms in total. The van der Waals surface area contributed by atoms with E-state index < -0.39 is 42.3 Å². The second-order valence-corrected chi connectivity index (χ2v) is 5.17. The Morgan fingerprint density at radius 1 is 1.56 bits per heavy atom. The number of ether oxygens (including phenoxy) is 1. The molecule has 1 fully saturated rings. The van der Waals surface area contributed by atoms with Crippen LogP contribution in [0.15, 0.2) is 16.2 Å². The van der Waals surface area contributed by atoms with Crippen LogP contribution in [0, 0.1) is 0 Å². The summed E-state index contributed by atoms with van der Waals surface area (Å²) in [6, 6.07) is 0. The van der Waals surface area contributed by atoms with Crippen molar-refractivity contribution in [2.45, 2.75) is 31.5 Å². The van der Waals surface area contributed by atoms with Crippen molar-refractivity contribution < 1.29 is 24.3 Å². The van der Waals surface area contributed by atoms with Gasteiger partial charge in [0.15, 0.2) is 6.23 Å². The molecule has 1 unspecified atom stereocenters. The molecule has 0 aliphatic carbocycles. The molecule has 2 heterocycles. The topological polar surface area (TPSA) is 129 Å². The van der Waals surface area contributed by atoms with Gasteiger partial charge in [0.25, 0.3) is 0 Å². The van der Waals surface area contributed by atoms with Gasteiger partial charge in [-0.2, -0.15) is 4.40 Å². The predicted molar refractivity (Wildman–Crippen MR) is 63.1 cm³/mol. The van der Waals surface area contributed by atoms with Crippen molar-refractivity contribution in [1.82, 2.24) is 4.31 Å². The maximum absolute atomic E-state index is 11.8. The number of rotatable bonds is 2. The monoisotopic (exact) mass is 277 g/mol. The van der Waals surface area contributed by atoms with Crippen molar-refractivity contribution in [3.63, 3.8) is 0 Å². The first kappa shape index (κ1) is 13.4. The average Bonchev–Trinajstić information content (AvgIpc) is 2.61. The molecule has 9 heteroatoms. The van der Waals surface area contributed by atoms with Crippen LogP contribution >= 0.6 is 0 Å². The Labute approximate surface area is 106 Å². The molecule has 0 radical (unpaired) electrons. The molecule has 2 aliphatic rings. The minimum Gasteiger partial charge on any atom is -0.394 e. The van der Waals surface area contributed by atoms with Crippen molar-refractivity contribution in [2.75, 3.05) is 6.61 Å². The average molecular weight is 277 g/mol. The van der Waals surface area contributed by atoms with Gasteiger partial charge in [-0.25, -0.2) is 8.51 Å². The molecule has 0 aromatic carbocycles. The van der Waals surface area contributed by atoms with Crippen molar-refractivity contribution >= 4 is 17.0 Å². The van der Waals surface area contributed by atoms with Crippen LogP contribution < -0.4 is 5.73 Å². The van der Waals surface area contributed by atoms with Crippen molar-refractivity contribution in [3.05, 3.63) is 11.8 Å². The number of amidine groups is 1. The highest BCUT2D eigenvalue weighted by Crippen LogP contribution is 2.27. The van der Waals surface area contributed by atoms with E-state index in [0.29, 0.717) is 5.57 Å². The molecule has 2 aliphatic heterocycles. The molecular formula is C9H15N3O5S. The van der Waals surface area contributed by atoms with Gasteiger partial charge in [-0.1, -0.05) is 0 Å². The van der Waals surface area contributed by atoms with Crippen LogP contribution in [0.4, 0.5) is 0 Å². The summed E-state index contributed by atoms with van der Waals surface area (Å²) in [5.74, 6) is 0.149. The summed E-state index contributed by atoms with van der Waals surface area (Å²) in [6.07, 6.45) is -3.04. The fourth-order valence-electron chi connectivity index (χ4n) is 1.76. The van der Waals surface area contributed by atoms with Crippen molar-refractivity contribution in [3.8, 4) is 0 Å². The zero-order chi connectivity index (χ0) is 13.4. The maximum atomic E-state index is 11.8. The van der Waals surface area contributed by atoms with Gasteiger partial charge in [0, 0.05) is 11.8 Å². The fraction of sp³-hybridized carbons (Fsp3) is 0.667. The lowest BCUT2D eigenvalue weighted by Crippen LogP contribution is -2.44. The van der Waals surface area contributed by atoms with Gasteiger partial charge >= 0.3 is 0 Å². The minimum atomic E-state index is -1.83. The number of hydrogen-bond acceptors (Lipinski definition) is 6. The van der Waals surface area contributed by atoms with E-state index in [1.807, 2.05) is 0 Å². The predicted octanol–water partition coefficient (Wildman–Crippen LogP) is -2.42. The molecule has 0 saturated carbocycles. The summed E-state index contributed by atoms with van der Waals surface area (Å²) in [5, 5.41) is 28.4. The van der Waals surface area contributed by atoms with Crippen LogP contribution in [0.1, 0.15) is 6.92 Å². The number of aliphatic hydroxyl groups is 3. The quantitative estimate of drug-likeness (QED) is 0.444. The zero-order valence-corrected chi connectivity index (χ0v) is 10.4. The molecule has 102 valence electrons. The van der Waals surface area contributed by atoms with Crippen LogP contribution in [0.3, 0.4) is 0 Å². The number of aliphatic hydroxyl groups excluding tert-OH is 3. The van der Waals surface area contributed by atoms with Crippen molar-refractivity contribution in [1.29, 1.82) is 0 Å². The first-order chi connectivity index (χ1) is 8.45. The summed E-state index contributed by atoms with van der Waals surface area (Å²) in [6.45, 7) is 1.23. The number of nitrogens with two attached hydrogens (primary N) is 1. The van der Waals surface area contributed by atoms with E-state index in [1.54, 1.807) is 6.92 Å². The Bertz CT molecular complexity index is 426. The van der Waals surface area contributed by atoms with Gasteiger partial charge < -0.3 is 25.8 Å². The number of nitrogens with zero attached hydrogens (tertiary/aromatic N) is 2. The summed E-state index contributed by atoms with van der Waals surface area (Å²) in [4.78, 5) is 0. The van der Waals surface area contributed by atoms with Gasteiger partial charge in [-0.15, -0.1) is 0 Å². The second kappa shape index (κ2) is 4.94.